The van der Waals surface area contributed by atoms with Gasteiger partial charge in [-0.25, -0.2) is 0 Å². The third-order valence-electron chi connectivity index (χ3n) is 7.33. The Hall–Kier alpha value is -5.71. The van der Waals surface area contributed by atoms with E-state index in [2.05, 4.69) is 16.0 Å². The molecule has 1 atom stereocenters. The summed E-state index contributed by atoms with van der Waals surface area (Å²) in [6.07, 6.45) is 1.52. The van der Waals surface area contributed by atoms with Gasteiger partial charge in [0, 0.05) is 26.9 Å². The molecule has 0 bridgehead atoms. The molecule has 0 saturated carbocycles. The summed E-state index contributed by atoms with van der Waals surface area (Å²) in [5.41, 5.74) is 2.77. The first-order valence-corrected chi connectivity index (χ1v) is 16.6. The van der Waals surface area contributed by atoms with Gasteiger partial charge in [0.25, 0.3) is 11.8 Å². The fourth-order valence-corrected chi connectivity index (χ4v) is 6.13. The molecule has 1 unspecified atom stereocenters. The summed E-state index contributed by atoms with van der Waals surface area (Å²) in [6, 6.07) is 35.4. The van der Waals surface area contributed by atoms with Crippen LogP contribution in [0.4, 0.5) is 11.4 Å². The topological polar surface area (TPSA) is 115 Å². The van der Waals surface area contributed by atoms with Gasteiger partial charge in [-0.2, -0.15) is 0 Å². The van der Waals surface area contributed by atoms with E-state index < -0.39 is 17.1 Å². The average Bonchev–Trinajstić information content (AvgIpc) is 3.14. The molecule has 11 heteroatoms. The lowest BCUT2D eigenvalue weighted by Crippen LogP contribution is -2.30. The van der Waals surface area contributed by atoms with Gasteiger partial charge < -0.3 is 30.2 Å². The lowest BCUT2D eigenvalue weighted by molar-refractivity contribution is -0.116. The van der Waals surface area contributed by atoms with Crippen molar-refractivity contribution in [3.05, 3.63) is 149 Å². The van der Waals surface area contributed by atoms with Crippen LogP contribution in [0.1, 0.15) is 26.7 Å². The summed E-state index contributed by atoms with van der Waals surface area (Å²) in [5.74, 6) is -0.0797. The van der Waals surface area contributed by atoms with E-state index in [9.17, 15) is 14.4 Å². The van der Waals surface area contributed by atoms with Crippen LogP contribution in [-0.4, -0.2) is 39.1 Å². The number of carbonyl (C=O) groups excluding carboxylic acids is 3. The number of hydrogen-bond acceptors (Lipinski definition) is 7. The molecule has 3 N–H and O–H groups in total. The number of carbonyl (C=O) groups is 3. The van der Waals surface area contributed by atoms with Crippen LogP contribution in [0.25, 0.3) is 6.08 Å². The van der Waals surface area contributed by atoms with Gasteiger partial charge >= 0.3 is 0 Å². The van der Waals surface area contributed by atoms with E-state index in [0.717, 1.165) is 10.5 Å². The summed E-state index contributed by atoms with van der Waals surface area (Å²) < 4.78 is 16.4. The number of benzene rings is 5. The molecule has 0 saturated heterocycles. The predicted molar refractivity (Wildman–Crippen MR) is 198 cm³/mol. The maximum absolute atomic E-state index is 13.7. The van der Waals surface area contributed by atoms with Crippen LogP contribution < -0.4 is 30.2 Å². The van der Waals surface area contributed by atoms with Crippen LogP contribution >= 0.6 is 23.4 Å². The smallest absolute Gasteiger partial charge is 0.272 e. The Morgan fingerprint density at radius 2 is 1.34 bits per heavy atom. The van der Waals surface area contributed by atoms with Gasteiger partial charge in [0.05, 0.1) is 21.3 Å². The molecule has 254 valence electrons. The van der Waals surface area contributed by atoms with Gasteiger partial charge in [-0.1, -0.05) is 66.2 Å². The van der Waals surface area contributed by atoms with Crippen LogP contribution in [0.2, 0.25) is 5.02 Å². The van der Waals surface area contributed by atoms with Gasteiger partial charge in [0.15, 0.2) is 11.5 Å². The first-order valence-electron chi connectivity index (χ1n) is 15.4. The van der Waals surface area contributed by atoms with Crippen molar-refractivity contribution in [3.8, 4) is 17.2 Å². The molecular weight excluding hydrogens is 674 g/mol. The molecule has 0 aliphatic rings. The molecule has 0 radical (unpaired) electrons. The van der Waals surface area contributed by atoms with E-state index in [-0.39, 0.29) is 11.6 Å². The van der Waals surface area contributed by atoms with Gasteiger partial charge in [0.2, 0.25) is 11.7 Å². The van der Waals surface area contributed by atoms with E-state index in [1.807, 2.05) is 42.5 Å². The van der Waals surface area contributed by atoms with Crippen LogP contribution in [0.5, 0.6) is 17.2 Å². The maximum atomic E-state index is 13.7. The summed E-state index contributed by atoms with van der Waals surface area (Å²) in [5, 5.41) is 8.50. The monoisotopic (exact) mass is 707 g/mol. The van der Waals surface area contributed by atoms with Crippen LogP contribution in [0.15, 0.2) is 132 Å². The number of halogens is 1. The third-order valence-corrected chi connectivity index (χ3v) is 8.83. The number of hydrogen-bond donors (Lipinski definition) is 3. The lowest BCUT2D eigenvalue weighted by Gasteiger charge is -2.18. The summed E-state index contributed by atoms with van der Waals surface area (Å²) in [4.78, 5) is 41.1. The molecule has 5 rings (SSSR count). The quantitative estimate of drug-likeness (QED) is 0.0834. The fraction of sp³-hybridized carbons (Fsp3) is 0.103. The molecule has 3 amide bonds. The third kappa shape index (κ3) is 9.25. The second-order valence-corrected chi connectivity index (χ2v) is 12.3. The zero-order valence-corrected chi connectivity index (χ0v) is 29.0. The molecule has 9 nitrogen and oxygen atoms in total. The number of nitrogens with one attached hydrogen (secondary N) is 3. The second-order valence-electron chi connectivity index (χ2n) is 10.7. The summed E-state index contributed by atoms with van der Waals surface area (Å²) >= 11 is 7.49. The fourth-order valence-electron chi connectivity index (χ4n) is 4.92. The molecule has 0 aliphatic heterocycles. The SMILES string of the molecule is COc1cc(/C=C(\NC(=O)c2ccccc2)C(=O)Nc2ccc(SC(C(=O)Nc3cccc(Cl)c3)c3ccccc3)cc2)cc(OC)c1OC. The van der Waals surface area contributed by atoms with E-state index >= 15 is 0 Å². The van der Waals surface area contributed by atoms with Crippen molar-refractivity contribution in [2.75, 3.05) is 32.0 Å². The minimum absolute atomic E-state index is 0.0200. The van der Waals surface area contributed by atoms with Crippen molar-refractivity contribution in [1.29, 1.82) is 0 Å². The van der Waals surface area contributed by atoms with Gasteiger partial charge in [0.1, 0.15) is 10.9 Å². The highest BCUT2D eigenvalue weighted by Gasteiger charge is 2.23. The first-order chi connectivity index (χ1) is 24.3. The van der Waals surface area contributed by atoms with Crippen molar-refractivity contribution in [2.24, 2.45) is 0 Å². The van der Waals surface area contributed by atoms with E-state index in [4.69, 9.17) is 25.8 Å². The molecule has 0 spiro atoms. The van der Waals surface area contributed by atoms with Crippen LogP contribution in [-0.2, 0) is 9.59 Å². The van der Waals surface area contributed by atoms with Gasteiger partial charge in [-0.3, -0.25) is 14.4 Å². The molecule has 0 fully saturated rings. The summed E-state index contributed by atoms with van der Waals surface area (Å²) in [6.45, 7) is 0. The predicted octanol–water partition coefficient (Wildman–Crippen LogP) is 8.25. The number of methoxy groups -OCH3 is 3. The van der Waals surface area contributed by atoms with Gasteiger partial charge in [-0.05, 0) is 83.9 Å². The Morgan fingerprint density at radius 3 is 1.94 bits per heavy atom. The van der Waals surface area contributed by atoms with E-state index in [1.54, 1.807) is 78.9 Å². The molecule has 5 aromatic carbocycles. The minimum Gasteiger partial charge on any atom is -0.493 e. The molecular formula is C39H34ClN3O6S. The number of rotatable bonds is 13. The highest BCUT2D eigenvalue weighted by molar-refractivity contribution is 8.00. The van der Waals surface area contributed by atoms with Gasteiger partial charge in [-0.15, -0.1) is 11.8 Å². The number of ether oxygens (including phenoxy) is 3. The Labute approximate surface area is 299 Å². The van der Waals surface area contributed by atoms with E-state index in [0.29, 0.717) is 44.8 Å². The normalized spacial score (nSPS) is 11.6. The molecule has 5 aromatic rings. The summed E-state index contributed by atoms with van der Waals surface area (Å²) in [7, 11) is 4.48. The largest absolute Gasteiger partial charge is 0.493 e. The van der Waals surface area contributed by atoms with Crippen molar-refractivity contribution >= 4 is 58.5 Å². The number of thioether (sulfide) groups is 1. The Balaban J connectivity index is 1.38. The Morgan fingerprint density at radius 1 is 0.700 bits per heavy atom. The van der Waals surface area contributed by atoms with Crippen molar-refractivity contribution in [3.63, 3.8) is 0 Å². The molecule has 0 aliphatic carbocycles. The standard InChI is InChI=1S/C39H34ClN3O6S/c1-47-33-22-25(23-34(48-2)35(33)49-3)21-32(43-37(44)27-13-8-5-9-14-27)38(45)41-29-17-19-31(20-18-29)50-36(26-11-6-4-7-12-26)39(46)42-30-16-10-15-28(40)24-30/h4-24,36H,1-3H3,(H,41,45)(H,42,46)(H,43,44)/b32-21-. The van der Waals surface area contributed by atoms with Crippen LogP contribution in [0.3, 0.4) is 0 Å². The Kier molecular flexibility index (Phi) is 12.2. The highest BCUT2D eigenvalue weighted by Crippen LogP contribution is 2.39. The highest BCUT2D eigenvalue weighted by atomic mass is 35.5. The molecule has 0 aromatic heterocycles. The molecule has 0 heterocycles. The zero-order valence-electron chi connectivity index (χ0n) is 27.4. The zero-order chi connectivity index (χ0) is 35.5. The van der Waals surface area contributed by atoms with E-state index in [1.165, 1.54) is 39.2 Å². The second kappa shape index (κ2) is 17.1. The average molecular weight is 708 g/mol. The van der Waals surface area contributed by atoms with Crippen LogP contribution in [0, 0.1) is 0 Å². The number of amides is 3. The lowest BCUT2D eigenvalue weighted by atomic mass is 10.1. The minimum atomic E-state index is -0.572. The molecule has 50 heavy (non-hydrogen) atoms. The maximum Gasteiger partial charge on any atom is 0.272 e. The van der Waals surface area contributed by atoms with Crippen molar-refractivity contribution in [2.45, 2.75) is 10.1 Å². The van der Waals surface area contributed by atoms with Crippen molar-refractivity contribution < 1.29 is 28.6 Å². The Bertz CT molecular complexity index is 1960. The first kappa shape index (κ1) is 35.6. The number of anilines is 2. The van der Waals surface area contributed by atoms with Crippen molar-refractivity contribution in [1.82, 2.24) is 5.32 Å².